The van der Waals surface area contributed by atoms with Gasteiger partial charge in [0.15, 0.2) is 6.29 Å². The van der Waals surface area contributed by atoms with E-state index in [1.54, 1.807) is 19.1 Å². The number of hydrogen-bond donors (Lipinski definition) is 1. The van der Waals surface area contributed by atoms with Crippen LogP contribution in [-0.2, 0) is 9.57 Å². The third kappa shape index (κ3) is 3.27. The average Bonchev–Trinajstić information content (AvgIpc) is 2.40. The molecule has 1 amide bonds. The molecule has 5 heteroatoms. The Morgan fingerprint density at radius 1 is 1.50 bits per heavy atom. The minimum Gasteiger partial charge on any atom is -0.350 e. The molecule has 1 N–H and O–H groups in total. The zero-order valence-electron chi connectivity index (χ0n) is 10.2. The van der Waals surface area contributed by atoms with Crippen molar-refractivity contribution >= 4 is 5.91 Å². The van der Waals surface area contributed by atoms with Crippen molar-refractivity contribution in [1.29, 1.82) is 0 Å². The summed E-state index contributed by atoms with van der Waals surface area (Å²) < 4.78 is 18.6. The Kier molecular flexibility index (Phi) is 4.28. The Balaban J connectivity index is 1.88. The van der Waals surface area contributed by atoms with Crippen molar-refractivity contribution in [3.05, 3.63) is 35.1 Å². The highest BCUT2D eigenvalue weighted by molar-refractivity contribution is 5.93. The lowest BCUT2D eigenvalue weighted by molar-refractivity contribution is -0.186. The SMILES string of the molecule is Cc1ccc(C(=O)NO[C@@H]2CCCCO2)cc1F. The first-order chi connectivity index (χ1) is 8.66. The van der Waals surface area contributed by atoms with Gasteiger partial charge in [0.05, 0.1) is 0 Å². The maximum Gasteiger partial charge on any atom is 0.275 e. The highest BCUT2D eigenvalue weighted by Gasteiger charge is 2.16. The van der Waals surface area contributed by atoms with E-state index in [-0.39, 0.29) is 5.56 Å². The summed E-state index contributed by atoms with van der Waals surface area (Å²) in [5.74, 6) is -0.875. The minimum absolute atomic E-state index is 0.230. The molecular weight excluding hydrogens is 237 g/mol. The van der Waals surface area contributed by atoms with Crippen molar-refractivity contribution < 1.29 is 18.8 Å². The van der Waals surface area contributed by atoms with Gasteiger partial charge in [0.2, 0.25) is 0 Å². The van der Waals surface area contributed by atoms with E-state index in [4.69, 9.17) is 9.57 Å². The molecule has 4 nitrogen and oxygen atoms in total. The van der Waals surface area contributed by atoms with E-state index in [0.29, 0.717) is 12.2 Å². The van der Waals surface area contributed by atoms with Crippen LogP contribution in [0.1, 0.15) is 35.2 Å². The van der Waals surface area contributed by atoms with Crippen LogP contribution in [0.25, 0.3) is 0 Å². The predicted octanol–water partition coefficient (Wildman–Crippen LogP) is 2.32. The van der Waals surface area contributed by atoms with Crippen LogP contribution in [0.15, 0.2) is 18.2 Å². The van der Waals surface area contributed by atoms with Gasteiger partial charge in [-0.3, -0.25) is 4.79 Å². The van der Waals surface area contributed by atoms with E-state index in [0.717, 1.165) is 19.3 Å². The van der Waals surface area contributed by atoms with E-state index in [2.05, 4.69) is 5.48 Å². The molecule has 0 bridgehead atoms. The van der Waals surface area contributed by atoms with Gasteiger partial charge in [-0.1, -0.05) is 6.07 Å². The second-order valence-electron chi connectivity index (χ2n) is 4.31. The van der Waals surface area contributed by atoms with Gasteiger partial charge >= 0.3 is 0 Å². The number of amides is 1. The lowest BCUT2D eigenvalue weighted by atomic mass is 10.1. The highest BCUT2D eigenvalue weighted by Crippen LogP contribution is 2.13. The molecule has 98 valence electrons. The fraction of sp³-hybridized carbons (Fsp3) is 0.462. The normalized spacial score (nSPS) is 19.6. The van der Waals surface area contributed by atoms with Crippen LogP contribution in [0.4, 0.5) is 4.39 Å². The Labute approximate surface area is 105 Å². The van der Waals surface area contributed by atoms with E-state index >= 15 is 0 Å². The summed E-state index contributed by atoms with van der Waals surface area (Å²) in [4.78, 5) is 16.8. The third-order valence-corrected chi connectivity index (χ3v) is 2.85. The number of aryl methyl sites for hydroxylation is 1. The predicted molar refractivity (Wildman–Crippen MR) is 63.3 cm³/mol. The van der Waals surface area contributed by atoms with Crippen molar-refractivity contribution in [2.75, 3.05) is 6.61 Å². The molecule has 1 fully saturated rings. The molecule has 1 atom stereocenters. The van der Waals surface area contributed by atoms with Crippen LogP contribution in [0.2, 0.25) is 0 Å². The molecule has 1 heterocycles. The standard InChI is InChI=1S/C13H16FNO3/c1-9-5-6-10(8-11(9)14)13(16)15-18-12-4-2-3-7-17-12/h5-6,8,12H,2-4,7H2,1H3,(H,15,16)/t12-/m1/s1. The lowest BCUT2D eigenvalue weighted by Crippen LogP contribution is -2.33. The largest absolute Gasteiger partial charge is 0.350 e. The van der Waals surface area contributed by atoms with Gasteiger partial charge in [-0.05, 0) is 37.5 Å². The van der Waals surface area contributed by atoms with Crippen LogP contribution in [0, 0.1) is 12.7 Å². The number of rotatable bonds is 3. The number of carbonyl (C=O) groups excluding carboxylic acids is 1. The van der Waals surface area contributed by atoms with Gasteiger partial charge in [0.1, 0.15) is 5.82 Å². The molecule has 2 rings (SSSR count). The van der Waals surface area contributed by atoms with Crippen LogP contribution in [-0.4, -0.2) is 18.8 Å². The van der Waals surface area contributed by atoms with Crippen LogP contribution in [0.3, 0.4) is 0 Å². The molecule has 1 aliphatic heterocycles. The van der Waals surface area contributed by atoms with Gasteiger partial charge in [0.25, 0.3) is 5.91 Å². The Morgan fingerprint density at radius 3 is 3.00 bits per heavy atom. The molecule has 0 aromatic heterocycles. The Morgan fingerprint density at radius 2 is 2.33 bits per heavy atom. The fourth-order valence-corrected chi connectivity index (χ4v) is 1.72. The van der Waals surface area contributed by atoms with Gasteiger partial charge in [-0.2, -0.15) is 0 Å². The maximum atomic E-state index is 13.3. The summed E-state index contributed by atoms with van der Waals surface area (Å²) in [6.07, 6.45) is 2.37. The number of ether oxygens (including phenoxy) is 1. The lowest BCUT2D eigenvalue weighted by Gasteiger charge is -2.22. The first-order valence-electron chi connectivity index (χ1n) is 6.00. The second-order valence-corrected chi connectivity index (χ2v) is 4.31. The Hall–Kier alpha value is -1.46. The number of hydrogen-bond acceptors (Lipinski definition) is 3. The molecule has 0 aliphatic carbocycles. The van der Waals surface area contributed by atoms with Crippen LogP contribution in [0.5, 0.6) is 0 Å². The van der Waals surface area contributed by atoms with Crippen molar-refractivity contribution in [3.63, 3.8) is 0 Å². The molecular formula is C13H16FNO3. The van der Waals surface area contributed by atoms with Crippen molar-refractivity contribution in [2.45, 2.75) is 32.5 Å². The molecule has 0 saturated carbocycles. The molecule has 0 unspecified atom stereocenters. The summed E-state index contributed by atoms with van der Waals surface area (Å²) in [7, 11) is 0. The van der Waals surface area contributed by atoms with Crippen molar-refractivity contribution in [2.24, 2.45) is 0 Å². The maximum absolute atomic E-state index is 13.3. The number of nitrogens with one attached hydrogen (secondary N) is 1. The van der Waals surface area contributed by atoms with E-state index in [9.17, 15) is 9.18 Å². The topological polar surface area (TPSA) is 47.6 Å². The molecule has 1 aromatic rings. The number of halogens is 1. The zero-order chi connectivity index (χ0) is 13.0. The monoisotopic (exact) mass is 253 g/mol. The summed E-state index contributed by atoms with van der Waals surface area (Å²) in [5.41, 5.74) is 3.02. The van der Waals surface area contributed by atoms with E-state index < -0.39 is 18.0 Å². The molecule has 0 radical (unpaired) electrons. The van der Waals surface area contributed by atoms with Gasteiger partial charge in [0, 0.05) is 18.6 Å². The van der Waals surface area contributed by atoms with E-state index in [1.807, 2.05) is 0 Å². The van der Waals surface area contributed by atoms with Gasteiger partial charge < -0.3 is 4.74 Å². The molecule has 0 spiro atoms. The molecule has 18 heavy (non-hydrogen) atoms. The minimum atomic E-state index is -0.469. The van der Waals surface area contributed by atoms with Crippen molar-refractivity contribution in [3.8, 4) is 0 Å². The molecule has 1 saturated heterocycles. The highest BCUT2D eigenvalue weighted by atomic mass is 19.1. The third-order valence-electron chi connectivity index (χ3n) is 2.85. The van der Waals surface area contributed by atoms with Gasteiger partial charge in [-0.15, -0.1) is 0 Å². The smallest absolute Gasteiger partial charge is 0.275 e. The summed E-state index contributed by atoms with van der Waals surface area (Å²) in [6.45, 7) is 2.28. The second kappa shape index (κ2) is 5.93. The average molecular weight is 253 g/mol. The van der Waals surface area contributed by atoms with E-state index in [1.165, 1.54) is 6.07 Å². The Bertz CT molecular complexity index is 430. The fourth-order valence-electron chi connectivity index (χ4n) is 1.72. The first-order valence-corrected chi connectivity index (χ1v) is 6.00. The van der Waals surface area contributed by atoms with Gasteiger partial charge in [-0.25, -0.2) is 14.7 Å². The quantitative estimate of drug-likeness (QED) is 0.841. The zero-order valence-corrected chi connectivity index (χ0v) is 10.2. The molecule has 1 aromatic carbocycles. The number of benzene rings is 1. The summed E-state index contributed by atoms with van der Waals surface area (Å²) in [6, 6.07) is 4.30. The van der Waals surface area contributed by atoms with Crippen LogP contribution < -0.4 is 5.48 Å². The molecule has 1 aliphatic rings. The summed E-state index contributed by atoms with van der Waals surface area (Å²) >= 11 is 0. The summed E-state index contributed by atoms with van der Waals surface area (Å²) in [5, 5.41) is 0. The first kappa shape index (κ1) is 13.0. The van der Waals surface area contributed by atoms with Crippen molar-refractivity contribution in [1.82, 2.24) is 5.48 Å². The number of carbonyl (C=O) groups is 1. The van der Waals surface area contributed by atoms with Crippen LogP contribution >= 0.6 is 0 Å². The number of hydroxylamine groups is 1.